The molecule has 0 aliphatic heterocycles. The van der Waals surface area contributed by atoms with Crippen molar-refractivity contribution in [2.45, 2.75) is 0 Å². The highest BCUT2D eigenvalue weighted by molar-refractivity contribution is 7.71. The smallest absolute Gasteiger partial charge is 0.261 e. The van der Waals surface area contributed by atoms with Gasteiger partial charge >= 0.3 is 0 Å². The Morgan fingerprint density at radius 1 is 1.29 bits per heavy atom. The number of carbonyl (C=O) groups is 1. The second-order valence-corrected chi connectivity index (χ2v) is 5.93. The molecule has 0 saturated carbocycles. The largest absolute Gasteiger partial charge is 0.332 e. The van der Waals surface area contributed by atoms with Crippen molar-refractivity contribution in [1.29, 1.82) is 0 Å². The molecule has 0 unspecified atom stereocenters. The third kappa shape index (κ3) is 2.95. The first-order valence-electron chi connectivity index (χ1n) is 6.86. The summed E-state index contributed by atoms with van der Waals surface area (Å²) in [5.74, 6) is -0.983. The molecule has 0 atom stereocenters. The summed E-state index contributed by atoms with van der Waals surface area (Å²) in [5.41, 5.74) is 0.907. The SMILES string of the molecule is Cn1c(=S)[nH]c2cc(C(=O)Nc3ccc(F)c(Cl)c3)ccc2c1=O. The molecular formula is C16H11ClFN3O2S. The van der Waals surface area contributed by atoms with Crippen LogP contribution in [0.15, 0.2) is 41.2 Å². The van der Waals surface area contributed by atoms with E-state index >= 15 is 0 Å². The lowest BCUT2D eigenvalue weighted by atomic mass is 10.1. The van der Waals surface area contributed by atoms with Gasteiger partial charge in [0.1, 0.15) is 5.82 Å². The van der Waals surface area contributed by atoms with Crippen molar-refractivity contribution in [3.8, 4) is 0 Å². The number of rotatable bonds is 2. The molecule has 8 heteroatoms. The first kappa shape index (κ1) is 16.4. The van der Waals surface area contributed by atoms with Gasteiger partial charge in [0.2, 0.25) is 0 Å². The molecule has 3 aromatic rings. The molecule has 0 saturated heterocycles. The van der Waals surface area contributed by atoms with Crippen LogP contribution in [-0.2, 0) is 7.05 Å². The maximum Gasteiger partial charge on any atom is 0.261 e. The Balaban J connectivity index is 1.98. The quantitative estimate of drug-likeness (QED) is 0.683. The lowest BCUT2D eigenvalue weighted by Gasteiger charge is -2.08. The molecule has 1 amide bonds. The van der Waals surface area contributed by atoms with Crippen molar-refractivity contribution in [3.05, 3.63) is 67.9 Å². The van der Waals surface area contributed by atoms with E-state index in [1.807, 2.05) is 0 Å². The van der Waals surface area contributed by atoms with Crippen molar-refractivity contribution in [1.82, 2.24) is 9.55 Å². The van der Waals surface area contributed by atoms with E-state index in [0.717, 1.165) is 0 Å². The summed E-state index contributed by atoms with van der Waals surface area (Å²) >= 11 is 10.8. The zero-order chi connectivity index (χ0) is 17.4. The summed E-state index contributed by atoms with van der Waals surface area (Å²) in [6.07, 6.45) is 0. The standard InChI is InChI=1S/C16H11ClFN3O2S/c1-21-15(23)10-4-2-8(6-13(10)20-16(21)24)14(22)19-9-3-5-12(18)11(17)7-9/h2-7H,1H3,(H,19,22)(H,20,24). The fraction of sp³-hybridized carbons (Fsp3) is 0.0625. The second kappa shape index (κ2) is 6.18. The van der Waals surface area contributed by atoms with Crippen LogP contribution in [0.4, 0.5) is 10.1 Å². The number of anilines is 1. The van der Waals surface area contributed by atoms with E-state index in [9.17, 15) is 14.0 Å². The summed E-state index contributed by atoms with van der Waals surface area (Å²) in [4.78, 5) is 27.3. The lowest BCUT2D eigenvalue weighted by Crippen LogP contribution is -2.19. The summed E-state index contributed by atoms with van der Waals surface area (Å²) in [7, 11) is 1.57. The fourth-order valence-corrected chi connectivity index (χ4v) is 2.60. The maximum absolute atomic E-state index is 13.2. The van der Waals surface area contributed by atoms with Crippen molar-refractivity contribution >= 4 is 46.3 Å². The molecule has 0 bridgehead atoms. The van der Waals surface area contributed by atoms with Crippen LogP contribution in [0, 0.1) is 10.6 Å². The highest BCUT2D eigenvalue weighted by Crippen LogP contribution is 2.20. The third-order valence-corrected chi connectivity index (χ3v) is 4.21. The molecule has 2 aromatic carbocycles. The van der Waals surface area contributed by atoms with E-state index < -0.39 is 11.7 Å². The van der Waals surface area contributed by atoms with Crippen molar-refractivity contribution in [3.63, 3.8) is 0 Å². The first-order chi connectivity index (χ1) is 11.4. The fourth-order valence-electron chi connectivity index (χ4n) is 2.22. The molecule has 24 heavy (non-hydrogen) atoms. The Hall–Kier alpha value is -2.51. The number of carbonyl (C=O) groups excluding carboxylic acids is 1. The van der Waals surface area contributed by atoms with E-state index in [1.165, 1.54) is 34.9 Å². The number of nitrogens with zero attached hydrogens (tertiary/aromatic N) is 1. The monoisotopic (exact) mass is 363 g/mol. The Bertz CT molecular complexity index is 1090. The van der Waals surface area contributed by atoms with Crippen molar-refractivity contribution in [2.24, 2.45) is 7.05 Å². The minimum atomic E-state index is -0.566. The first-order valence-corrected chi connectivity index (χ1v) is 7.65. The number of hydrogen-bond donors (Lipinski definition) is 2. The van der Waals surface area contributed by atoms with Crippen LogP contribution in [0.3, 0.4) is 0 Å². The van der Waals surface area contributed by atoms with Gasteiger partial charge in [-0.05, 0) is 48.6 Å². The summed E-state index contributed by atoms with van der Waals surface area (Å²) in [6, 6.07) is 8.51. The van der Waals surface area contributed by atoms with E-state index in [0.29, 0.717) is 22.2 Å². The van der Waals surface area contributed by atoms with Gasteiger partial charge in [0, 0.05) is 18.3 Å². The molecule has 0 fully saturated rings. The number of nitrogens with one attached hydrogen (secondary N) is 2. The summed E-state index contributed by atoms with van der Waals surface area (Å²) in [6.45, 7) is 0. The molecule has 0 aliphatic rings. The molecule has 122 valence electrons. The number of fused-ring (bicyclic) bond motifs is 1. The van der Waals surface area contributed by atoms with E-state index in [2.05, 4.69) is 10.3 Å². The van der Waals surface area contributed by atoms with Gasteiger partial charge in [-0.1, -0.05) is 11.6 Å². The van der Waals surface area contributed by atoms with Crippen LogP contribution in [0.25, 0.3) is 10.9 Å². The van der Waals surface area contributed by atoms with Crippen LogP contribution < -0.4 is 10.9 Å². The number of amides is 1. The van der Waals surface area contributed by atoms with Gasteiger partial charge in [0.15, 0.2) is 4.77 Å². The van der Waals surface area contributed by atoms with Gasteiger partial charge < -0.3 is 10.3 Å². The molecule has 5 nitrogen and oxygen atoms in total. The van der Waals surface area contributed by atoms with Crippen LogP contribution in [-0.4, -0.2) is 15.5 Å². The van der Waals surface area contributed by atoms with Crippen LogP contribution in [0.5, 0.6) is 0 Å². The number of hydrogen-bond acceptors (Lipinski definition) is 3. The number of aromatic amines is 1. The summed E-state index contributed by atoms with van der Waals surface area (Å²) < 4.78 is 14.7. The average molecular weight is 364 g/mol. The number of H-pyrrole nitrogens is 1. The van der Waals surface area contributed by atoms with Gasteiger partial charge in [0.05, 0.1) is 15.9 Å². The van der Waals surface area contributed by atoms with Gasteiger partial charge in [-0.25, -0.2) is 4.39 Å². The predicted molar refractivity (Wildman–Crippen MR) is 93.7 cm³/mol. The van der Waals surface area contributed by atoms with Crippen LogP contribution >= 0.6 is 23.8 Å². The number of halogens is 2. The lowest BCUT2D eigenvalue weighted by molar-refractivity contribution is 0.102. The molecule has 2 N–H and O–H groups in total. The van der Waals surface area contributed by atoms with Gasteiger partial charge in [0.25, 0.3) is 11.5 Å². The van der Waals surface area contributed by atoms with E-state index in [4.69, 9.17) is 23.8 Å². The maximum atomic E-state index is 13.2. The third-order valence-electron chi connectivity index (χ3n) is 3.54. The zero-order valence-corrected chi connectivity index (χ0v) is 14.0. The Labute approximate surface area is 145 Å². The van der Waals surface area contributed by atoms with E-state index in [-0.39, 0.29) is 15.4 Å². The average Bonchev–Trinajstić information content (AvgIpc) is 2.55. The molecule has 1 heterocycles. The van der Waals surface area contributed by atoms with Crippen molar-refractivity contribution < 1.29 is 9.18 Å². The molecule has 0 spiro atoms. The van der Waals surface area contributed by atoms with Gasteiger partial charge in [-0.15, -0.1) is 0 Å². The Morgan fingerprint density at radius 3 is 2.75 bits per heavy atom. The van der Waals surface area contributed by atoms with Crippen LogP contribution in [0.1, 0.15) is 10.4 Å². The highest BCUT2D eigenvalue weighted by Gasteiger charge is 2.10. The van der Waals surface area contributed by atoms with Crippen LogP contribution in [0.2, 0.25) is 5.02 Å². The van der Waals surface area contributed by atoms with Gasteiger partial charge in [-0.3, -0.25) is 14.2 Å². The minimum absolute atomic E-state index is 0.0844. The van der Waals surface area contributed by atoms with E-state index in [1.54, 1.807) is 13.1 Å². The molecule has 1 aromatic heterocycles. The molecule has 0 aliphatic carbocycles. The molecular weight excluding hydrogens is 353 g/mol. The molecule has 3 rings (SSSR count). The topological polar surface area (TPSA) is 66.9 Å². The normalized spacial score (nSPS) is 10.8. The van der Waals surface area contributed by atoms with Crippen molar-refractivity contribution in [2.75, 3.05) is 5.32 Å². The predicted octanol–water partition coefficient (Wildman–Crippen LogP) is 3.64. The number of benzene rings is 2. The molecule has 0 radical (unpaired) electrons. The summed E-state index contributed by atoms with van der Waals surface area (Å²) in [5, 5.41) is 2.96. The second-order valence-electron chi connectivity index (χ2n) is 5.14. The highest BCUT2D eigenvalue weighted by atomic mass is 35.5. The Morgan fingerprint density at radius 2 is 2.04 bits per heavy atom. The zero-order valence-electron chi connectivity index (χ0n) is 12.4. The Kier molecular flexibility index (Phi) is 4.21. The minimum Gasteiger partial charge on any atom is -0.332 e. The number of aromatic nitrogens is 2. The van der Waals surface area contributed by atoms with Gasteiger partial charge in [-0.2, -0.15) is 0 Å².